The first-order valence-electron chi connectivity index (χ1n) is 7.69. The lowest BCUT2D eigenvalue weighted by Gasteiger charge is -2.42. The second-order valence-corrected chi connectivity index (χ2v) is 6.05. The van der Waals surface area contributed by atoms with Gasteiger partial charge in [0.1, 0.15) is 5.41 Å². The number of nitriles is 1. The van der Waals surface area contributed by atoms with Crippen LogP contribution in [0.15, 0.2) is 18.3 Å². The Hall–Kier alpha value is -1.64. The Morgan fingerprint density at radius 2 is 2.00 bits per heavy atom. The summed E-state index contributed by atoms with van der Waals surface area (Å²) in [4.78, 5) is 6.92. The van der Waals surface area contributed by atoms with Crippen molar-refractivity contribution in [3.8, 4) is 6.07 Å². The number of aromatic nitrogens is 1. The van der Waals surface area contributed by atoms with Crippen molar-refractivity contribution >= 4 is 5.69 Å². The summed E-state index contributed by atoms with van der Waals surface area (Å²) in [5.41, 5.74) is 6.76. The average Bonchev–Trinajstić information content (AvgIpc) is 2.56. The minimum Gasteiger partial charge on any atom is -0.397 e. The number of likely N-dealkylation sites (tertiary alicyclic amines) is 1. The number of hydrogen-bond acceptors (Lipinski definition) is 5. The molecule has 0 saturated carbocycles. The Labute approximate surface area is 125 Å². The third-order valence-corrected chi connectivity index (χ3v) is 4.85. The first-order valence-corrected chi connectivity index (χ1v) is 7.69. The van der Waals surface area contributed by atoms with E-state index in [-0.39, 0.29) is 0 Å². The van der Waals surface area contributed by atoms with Gasteiger partial charge in [-0.1, -0.05) is 0 Å². The number of nitrogen functional groups attached to an aromatic ring is 1. The number of piperidine rings is 1. The van der Waals surface area contributed by atoms with Gasteiger partial charge in [-0.3, -0.25) is 4.98 Å². The monoisotopic (exact) mass is 286 g/mol. The summed E-state index contributed by atoms with van der Waals surface area (Å²) >= 11 is 0. The van der Waals surface area contributed by atoms with Gasteiger partial charge < -0.3 is 15.4 Å². The third-order valence-electron chi connectivity index (χ3n) is 4.85. The summed E-state index contributed by atoms with van der Waals surface area (Å²) in [5.74, 6) is 0. The van der Waals surface area contributed by atoms with Gasteiger partial charge in [0.05, 0.1) is 23.6 Å². The van der Waals surface area contributed by atoms with Crippen molar-refractivity contribution < 1.29 is 4.74 Å². The molecule has 0 aliphatic carbocycles. The highest BCUT2D eigenvalue weighted by atomic mass is 16.5. The standard InChI is InChI=1S/C16H22N4O/c17-12-16(15-2-1-13(18)11-19-15)5-7-20(8-6-16)14-3-9-21-10-4-14/h1-2,11,14H,3-10,18H2. The molecule has 3 heterocycles. The Bertz CT molecular complexity index is 508. The lowest BCUT2D eigenvalue weighted by molar-refractivity contribution is 0.0211. The molecule has 2 aliphatic heterocycles. The fourth-order valence-electron chi connectivity index (χ4n) is 3.43. The number of nitrogens with zero attached hydrogens (tertiary/aromatic N) is 3. The van der Waals surface area contributed by atoms with Crippen LogP contribution in [0.3, 0.4) is 0 Å². The highest BCUT2D eigenvalue weighted by molar-refractivity contribution is 5.38. The largest absolute Gasteiger partial charge is 0.397 e. The Kier molecular flexibility index (Phi) is 4.09. The molecule has 0 bridgehead atoms. The van der Waals surface area contributed by atoms with Crippen LogP contribution in [0.2, 0.25) is 0 Å². The van der Waals surface area contributed by atoms with Gasteiger partial charge in [-0.15, -0.1) is 0 Å². The maximum atomic E-state index is 9.70. The summed E-state index contributed by atoms with van der Waals surface area (Å²) in [6, 6.07) is 6.89. The molecule has 1 aromatic rings. The fraction of sp³-hybridized carbons (Fsp3) is 0.625. The smallest absolute Gasteiger partial charge is 0.102 e. The zero-order chi connectivity index (χ0) is 14.7. The molecule has 0 unspecified atom stereocenters. The maximum Gasteiger partial charge on any atom is 0.102 e. The summed E-state index contributed by atoms with van der Waals surface area (Å²) in [7, 11) is 0. The molecule has 3 rings (SSSR count). The van der Waals surface area contributed by atoms with Crippen LogP contribution in [0, 0.1) is 11.3 Å². The third kappa shape index (κ3) is 2.87. The summed E-state index contributed by atoms with van der Waals surface area (Å²) in [6.45, 7) is 3.66. The Morgan fingerprint density at radius 1 is 1.29 bits per heavy atom. The van der Waals surface area contributed by atoms with E-state index in [0.29, 0.717) is 11.7 Å². The number of rotatable bonds is 2. The van der Waals surface area contributed by atoms with E-state index in [9.17, 15) is 5.26 Å². The number of hydrogen-bond donors (Lipinski definition) is 1. The molecule has 5 heteroatoms. The number of ether oxygens (including phenoxy) is 1. The van der Waals surface area contributed by atoms with Gasteiger partial charge in [-0.05, 0) is 37.8 Å². The van der Waals surface area contributed by atoms with Gasteiger partial charge in [0.25, 0.3) is 0 Å². The van der Waals surface area contributed by atoms with Crippen LogP contribution in [0.4, 0.5) is 5.69 Å². The van der Waals surface area contributed by atoms with E-state index in [1.807, 2.05) is 12.1 Å². The first-order chi connectivity index (χ1) is 10.2. The molecule has 0 amide bonds. The van der Waals surface area contributed by atoms with E-state index in [1.165, 1.54) is 0 Å². The van der Waals surface area contributed by atoms with Crippen molar-refractivity contribution in [2.45, 2.75) is 37.1 Å². The van der Waals surface area contributed by atoms with Crippen molar-refractivity contribution in [2.24, 2.45) is 0 Å². The van der Waals surface area contributed by atoms with Gasteiger partial charge in [0.2, 0.25) is 0 Å². The second kappa shape index (κ2) is 6.00. The highest BCUT2D eigenvalue weighted by Gasteiger charge is 2.39. The van der Waals surface area contributed by atoms with Crippen LogP contribution < -0.4 is 5.73 Å². The summed E-state index contributed by atoms with van der Waals surface area (Å²) < 4.78 is 5.43. The molecule has 0 spiro atoms. The number of nitrogens with two attached hydrogens (primary N) is 1. The van der Waals surface area contributed by atoms with Crippen molar-refractivity contribution in [1.82, 2.24) is 9.88 Å². The minimum absolute atomic E-state index is 0.449. The van der Waals surface area contributed by atoms with E-state index in [1.54, 1.807) is 6.20 Å². The first kappa shape index (κ1) is 14.3. The fourth-order valence-corrected chi connectivity index (χ4v) is 3.43. The molecule has 0 atom stereocenters. The van der Waals surface area contributed by atoms with Crippen molar-refractivity contribution in [3.05, 3.63) is 24.0 Å². The SMILES string of the molecule is N#CC1(c2ccc(N)cn2)CCN(C2CCOCC2)CC1. The molecule has 2 fully saturated rings. The van der Waals surface area contributed by atoms with Gasteiger partial charge in [-0.2, -0.15) is 5.26 Å². The van der Waals surface area contributed by atoms with Gasteiger partial charge in [-0.25, -0.2) is 0 Å². The molecule has 1 aromatic heterocycles. The molecule has 21 heavy (non-hydrogen) atoms. The number of anilines is 1. The Balaban J connectivity index is 1.69. The molecule has 0 aromatic carbocycles. The zero-order valence-corrected chi connectivity index (χ0v) is 12.3. The van der Waals surface area contributed by atoms with Crippen molar-refractivity contribution in [3.63, 3.8) is 0 Å². The van der Waals surface area contributed by atoms with E-state index < -0.39 is 5.41 Å². The summed E-state index contributed by atoms with van der Waals surface area (Å²) in [6.07, 6.45) is 5.56. The van der Waals surface area contributed by atoms with Gasteiger partial charge in [0.15, 0.2) is 0 Å². The maximum absolute atomic E-state index is 9.70. The topological polar surface area (TPSA) is 75.2 Å². The van der Waals surface area contributed by atoms with E-state index in [2.05, 4.69) is 16.0 Å². The van der Waals surface area contributed by atoms with Crippen LogP contribution in [-0.4, -0.2) is 42.2 Å². The molecule has 2 N–H and O–H groups in total. The van der Waals surface area contributed by atoms with Gasteiger partial charge in [0, 0.05) is 32.3 Å². The zero-order valence-electron chi connectivity index (χ0n) is 12.3. The van der Waals surface area contributed by atoms with Crippen molar-refractivity contribution in [1.29, 1.82) is 5.26 Å². The highest BCUT2D eigenvalue weighted by Crippen LogP contribution is 2.35. The molecular formula is C16H22N4O. The van der Waals surface area contributed by atoms with Crippen LogP contribution in [0.25, 0.3) is 0 Å². The minimum atomic E-state index is -0.449. The van der Waals surface area contributed by atoms with Crippen LogP contribution in [-0.2, 0) is 10.2 Å². The molecule has 0 radical (unpaired) electrons. The van der Waals surface area contributed by atoms with E-state index in [0.717, 1.165) is 57.7 Å². The molecule has 2 aliphatic rings. The van der Waals surface area contributed by atoms with Crippen LogP contribution in [0.1, 0.15) is 31.4 Å². The molecule has 2 saturated heterocycles. The van der Waals surface area contributed by atoms with E-state index >= 15 is 0 Å². The van der Waals surface area contributed by atoms with E-state index in [4.69, 9.17) is 10.5 Å². The molecule has 112 valence electrons. The lowest BCUT2D eigenvalue weighted by Crippen LogP contribution is -2.48. The normalized spacial score (nSPS) is 23.6. The molecule has 5 nitrogen and oxygen atoms in total. The number of pyridine rings is 1. The summed E-state index contributed by atoms with van der Waals surface area (Å²) in [5, 5.41) is 9.70. The van der Waals surface area contributed by atoms with Crippen molar-refractivity contribution in [2.75, 3.05) is 32.0 Å². The van der Waals surface area contributed by atoms with Crippen LogP contribution >= 0.6 is 0 Å². The quantitative estimate of drug-likeness (QED) is 0.895. The Morgan fingerprint density at radius 3 is 2.57 bits per heavy atom. The average molecular weight is 286 g/mol. The predicted molar refractivity (Wildman–Crippen MR) is 80.6 cm³/mol. The van der Waals surface area contributed by atoms with Crippen LogP contribution in [0.5, 0.6) is 0 Å². The lowest BCUT2D eigenvalue weighted by atomic mass is 9.76. The second-order valence-electron chi connectivity index (χ2n) is 6.05. The molecular weight excluding hydrogens is 264 g/mol. The predicted octanol–water partition coefficient (Wildman–Crippen LogP) is 1.70. The van der Waals surface area contributed by atoms with Gasteiger partial charge >= 0.3 is 0 Å².